The molecule has 2 aromatic carbocycles. The Morgan fingerprint density at radius 3 is 2.20 bits per heavy atom. The number of benzene rings is 2. The average molecular weight is 274 g/mol. The molecule has 4 heteroatoms. The number of hydrogen-bond acceptors (Lipinski definition) is 2. The molecule has 0 saturated heterocycles. The second-order valence-corrected chi connectivity index (χ2v) is 4.06. The molecule has 0 aliphatic heterocycles. The summed E-state index contributed by atoms with van der Waals surface area (Å²) >= 11 is 0. The van der Waals surface area contributed by atoms with Gasteiger partial charge in [0.25, 0.3) is 0 Å². The van der Waals surface area contributed by atoms with Gasteiger partial charge in [-0.2, -0.15) is 0 Å². The molecule has 0 aliphatic carbocycles. The quantitative estimate of drug-likeness (QED) is 0.625. The van der Waals surface area contributed by atoms with Crippen LogP contribution in [0.1, 0.15) is 15.9 Å². The number of ether oxygens (including phenoxy) is 1. The standard InChI is InChI=1S/C16H12F2O2/c1-20-12-7-5-11(6-8-12)16(19)10-9-13-14(17)3-2-4-15(13)18/h2-10H,1H3. The monoisotopic (exact) mass is 274 g/mol. The molecule has 0 aliphatic rings. The first kappa shape index (κ1) is 13.9. The minimum atomic E-state index is -0.705. The van der Waals surface area contributed by atoms with Gasteiger partial charge in [0, 0.05) is 11.1 Å². The molecule has 0 radical (unpaired) electrons. The van der Waals surface area contributed by atoms with E-state index in [-0.39, 0.29) is 11.3 Å². The largest absolute Gasteiger partial charge is 0.497 e. The number of carbonyl (C=O) groups excluding carboxylic acids is 1. The maximum atomic E-state index is 13.4. The predicted molar refractivity (Wildman–Crippen MR) is 72.7 cm³/mol. The van der Waals surface area contributed by atoms with Crippen molar-refractivity contribution in [2.45, 2.75) is 0 Å². The van der Waals surface area contributed by atoms with E-state index in [4.69, 9.17) is 4.74 Å². The third kappa shape index (κ3) is 3.09. The highest BCUT2D eigenvalue weighted by Gasteiger charge is 2.06. The summed E-state index contributed by atoms with van der Waals surface area (Å²) in [5, 5.41) is 0. The summed E-state index contributed by atoms with van der Waals surface area (Å²) in [5.74, 6) is -1.12. The Bertz CT molecular complexity index is 626. The van der Waals surface area contributed by atoms with Crippen LogP contribution < -0.4 is 4.74 Å². The zero-order chi connectivity index (χ0) is 14.5. The molecule has 0 atom stereocenters. The lowest BCUT2D eigenvalue weighted by Crippen LogP contribution is -1.95. The predicted octanol–water partition coefficient (Wildman–Crippen LogP) is 3.87. The van der Waals surface area contributed by atoms with Crippen LogP contribution in [0.3, 0.4) is 0 Å². The fourth-order valence-electron chi connectivity index (χ4n) is 1.68. The van der Waals surface area contributed by atoms with Crippen molar-refractivity contribution in [3.63, 3.8) is 0 Å². The van der Waals surface area contributed by atoms with Crippen LogP contribution in [0.5, 0.6) is 5.75 Å². The number of halogens is 2. The van der Waals surface area contributed by atoms with Crippen LogP contribution in [0.2, 0.25) is 0 Å². The molecule has 2 nitrogen and oxygen atoms in total. The van der Waals surface area contributed by atoms with E-state index in [0.29, 0.717) is 11.3 Å². The van der Waals surface area contributed by atoms with Gasteiger partial charge < -0.3 is 4.74 Å². The van der Waals surface area contributed by atoms with Crippen LogP contribution in [0, 0.1) is 11.6 Å². The summed E-state index contributed by atoms with van der Waals surface area (Å²) in [7, 11) is 1.53. The van der Waals surface area contributed by atoms with E-state index in [2.05, 4.69) is 0 Å². The van der Waals surface area contributed by atoms with E-state index in [9.17, 15) is 13.6 Å². The van der Waals surface area contributed by atoms with Crippen LogP contribution in [0.4, 0.5) is 8.78 Å². The summed E-state index contributed by atoms with van der Waals surface area (Å²) in [4.78, 5) is 11.9. The van der Waals surface area contributed by atoms with Crippen molar-refractivity contribution in [1.82, 2.24) is 0 Å². The van der Waals surface area contributed by atoms with Gasteiger partial charge in [-0.3, -0.25) is 4.79 Å². The Hall–Kier alpha value is -2.49. The zero-order valence-electron chi connectivity index (χ0n) is 10.8. The fraction of sp³-hybridized carbons (Fsp3) is 0.0625. The molecule has 0 spiro atoms. The molecule has 0 N–H and O–H groups in total. The summed E-state index contributed by atoms with van der Waals surface area (Å²) in [5.41, 5.74) is 0.188. The second kappa shape index (κ2) is 6.10. The minimum Gasteiger partial charge on any atom is -0.497 e. The highest BCUT2D eigenvalue weighted by molar-refractivity contribution is 6.06. The van der Waals surface area contributed by atoms with E-state index in [1.807, 2.05) is 0 Å². The summed E-state index contributed by atoms with van der Waals surface area (Å²) in [6, 6.07) is 10.0. The number of carbonyl (C=O) groups is 1. The molecule has 0 amide bonds. The Morgan fingerprint density at radius 2 is 1.65 bits per heavy atom. The van der Waals surface area contributed by atoms with Gasteiger partial charge in [0.1, 0.15) is 17.4 Å². The Morgan fingerprint density at radius 1 is 1.05 bits per heavy atom. The molecule has 0 unspecified atom stereocenters. The van der Waals surface area contributed by atoms with Crippen molar-refractivity contribution >= 4 is 11.9 Å². The maximum absolute atomic E-state index is 13.4. The van der Waals surface area contributed by atoms with Crippen molar-refractivity contribution in [3.8, 4) is 5.75 Å². The molecule has 0 fully saturated rings. The Kier molecular flexibility index (Phi) is 4.25. The van der Waals surface area contributed by atoms with E-state index in [0.717, 1.165) is 24.3 Å². The zero-order valence-corrected chi connectivity index (χ0v) is 10.8. The third-order valence-electron chi connectivity index (χ3n) is 2.78. The maximum Gasteiger partial charge on any atom is 0.185 e. The Balaban J connectivity index is 2.20. The summed E-state index contributed by atoms with van der Waals surface area (Å²) < 4.78 is 31.7. The summed E-state index contributed by atoms with van der Waals surface area (Å²) in [6.07, 6.45) is 2.28. The fourth-order valence-corrected chi connectivity index (χ4v) is 1.68. The smallest absolute Gasteiger partial charge is 0.185 e. The first-order chi connectivity index (χ1) is 9.61. The third-order valence-corrected chi connectivity index (χ3v) is 2.78. The van der Waals surface area contributed by atoms with Crippen molar-refractivity contribution in [2.75, 3.05) is 7.11 Å². The van der Waals surface area contributed by atoms with Gasteiger partial charge in [-0.05, 0) is 48.6 Å². The highest BCUT2D eigenvalue weighted by Crippen LogP contribution is 2.15. The lowest BCUT2D eigenvalue weighted by atomic mass is 10.1. The van der Waals surface area contributed by atoms with Gasteiger partial charge in [0.15, 0.2) is 5.78 Å². The molecule has 0 saturated carbocycles. The Labute approximate surface area is 115 Å². The topological polar surface area (TPSA) is 26.3 Å². The van der Waals surface area contributed by atoms with E-state index < -0.39 is 11.6 Å². The van der Waals surface area contributed by atoms with Gasteiger partial charge in [0.2, 0.25) is 0 Å². The number of ketones is 1. The molecule has 102 valence electrons. The van der Waals surface area contributed by atoms with E-state index >= 15 is 0 Å². The summed E-state index contributed by atoms with van der Waals surface area (Å²) in [6.45, 7) is 0. The van der Waals surface area contributed by atoms with Gasteiger partial charge in [-0.15, -0.1) is 0 Å². The molecule has 2 rings (SSSR count). The number of methoxy groups -OCH3 is 1. The van der Waals surface area contributed by atoms with Crippen LogP contribution in [-0.2, 0) is 0 Å². The molecule has 0 bridgehead atoms. The van der Waals surface area contributed by atoms with Crippen molar-refractivity contribution < 1.29 is 18.3 Å². The highest BCUT2D eigenvalue weighted by atomic mass is 19.1. The van der Waals surface area contributed by atoms with Gasteiger partial charge in [-0.25, -0.2) is 8.78 Å². The number of rotatable bonds is 4. The first-order valence-electron chi connectivity index (χ1n) is 5.92. The number of allylic oxidation sites excluding steroid dienone is 1. The van der Waals surface area contributed by atoms with E-state index in [1.54, 1.807) is 24.3 Å². The normalized spacial score (nSPS) is 10.8. The van der Waals surface area contributed by atoms with Crippen molar-refractivity contribution in [3.05, 3.63) is 71.3 Å². The van der Waals surface area contributed by atoms with Crippen molar-refractivity contribution in [1.29, 1.82) is 0 Å². The first-order valence-corrected chi connectivity index (χ1v) is 5.92. The number of hydrogen-bond donors (Lipinski definition) is 0. The lowest BCUT2D eigenvalue weighted by molar-refractivity contribution is 0.104. The average Bonchev–Trinajstić information content (AvgIpc) is 2.46. The lowest BCUT2D eigenvalue weighted by Gasteiger charge is -2.01. The molecule has 2 aromatic rings. The van der Waals surface area contributed by atoms with E-state index in [1.165, 1.54) is 13.2 Å². The SMILES string of the molecule is COc1ccc(C(=O)C=Cc2c(F)cccc2F)cc1. The van der Waals surface area contributed by atoms with Crippen LogP contribution >= 0.6 is 0 Å². The molecule has 0 heterocycles. The molecule has 0 aromatic heterocycles. The van der Waals surface area contributed by atoms with Crippen LogP contribution in [0.25, 0.3) is 6.08 Å². The minimum absolute atomic E-state index is 0.227. The van der Waals surface area contributed by atoms with Crippen molar-refractivity contribution in [2.24, 2.45) is 0 Å². The van der Waals surface area contributed by atoms with Gasteiger partial charge in [0.05, 0.1) is 7.11 Å². The molecule has 20 heavy (non-hydrogen) atoms. The van der Waals surface area contributed by atoms with Crippen LogP contribution in [-0.4, -0.2) is 12.9 Å². The van der Waals surface area contributed by atoms with Crippen LogP contribution in [0.15, 0.2) is 48.5 Å². The molecular formula is C16H12F2O2. The molecular weight excluding hydrogens is 262 g/mol. The second-order valence-electron chi connectivity index (χ2n) is 4.06. The van der Waals surface area contributed by atoms with Gasteiger partial charge in [-0.1, -0.05) is 6.07 Å². The van der Waals surface area contributed by atoms with Gasteiger partial charge >= 0.3 is 0 Å².